The first-order valence-corrected chi connectivity index (χ1v) is 5.82. The van der Waals surface area contributed by atoms with Crippen LogP contribution in [0.4, 0.5) is 6.01 Å². The molecule has 18 heavy (non-hydrogen) atoms. The number of benzene rings is 1. The summed E-state index contributed by atoms with van der Waals surface area (Å²) in [6, 6.07) is 9.41. The molecule has 2 aromatic rings. The van der Waals surface area contributed by atoms with Gasteiger partial charge in [-0.05, 0) is 12.1 Å². The minimum absolute atomic E-state index is 0.0165. The monoisotopic (exact) mass is 243 g/mol. The van der Waals surface area contributed by atoms with Gasteiger partial charge in [0, 0.05) is 18.5 Å². The third-order valence-electron chi connectivity index (χ3n) is 3.05. The lowest BCUT2D eigenvalue weighted by molar-refractivity contribution is 0.0728. The van der Waals surface area contributed by atoms with Crippen LogP contribution in [0.1, 0.15) is 21.8 Å². The van der Waals surface area contributed by atoms with Crippen molar-refractivity contribution >= 4 is 11.9 Å². The molecule has 5 nitrogen and oxygen atoms in total. The van der Waals surface area contributed by atoms with Crippen molar-refractivity contribution in [2.24, 2.45) is 0 Å². The lowest BCUT2D eigenvalue weighted by atomic mass is 10.1. The van der Waals surface area contributed by atoms with Crippen molar-refractivity contribution < 1.29 is 9.21 Å². The summed E-state index contributed by atoms with van der Waals surface area (Å²) < 4.78 is 5.27. The van der Waals surface area contributed by atoms with Gasteiger partial charge < -0.3 is 15.1 Å². The molecule has 5 heteroatoms. The smallest absolute Gasteiger partial charge is 0.292 e. The van der Waals surface area contributed by atoms with Gasteiger partial charge in [0.25, 0.3) is 11.9 Å². The van der Waals surface area contributed by atoms with E-state index in [0.717, 1.165) is 11.5 Å². The number of nitrogens with two attached hydrogens (primary N) is 1. The lowest BCUT2D eigenvalue weighted by Gasteiger charge is -2.25. The SMILES string of the molecule is Nc1nc2c(o1)CCN(C(=O)c1ccccc1)C2. The van der Waals surface area contributed by atoms with Crippen molar-refractivity contribution in [3.63, 3.8) is 0 Å². The minimum atomic E-state index is 0.0165. The van der Waals surface area contributed by atoms with Crippen LogP contribution in [0.3, 0.4) is 0 Å². The van der Waals surface area contributed by atoms with E-state index in [0.29, 0.717) is 25.1 Å². The molecule has 0 aliphatic carbocycles. The molecule has 0 unspecified atom stereocenters. The van der Waals surface area contributed by atoms with Gasteiger partial charge in [0.05, 0.1) is 6.54 Å². The Kier molecular flexibility index (Phi) is 2.51. The first-order valence-electron chi connectivity index (χ1n) is 5.82. The van der Waals surface area contributed by atoms with E-state index in [9.17, 15) is 4.79 Å². The molecule has 1 aliphatic rings. The van der Waals surface area contributed by atoms with Crippen molar-refractivity contribution in [3.05, 3.63) is 47.3 Å². The molecule has 3 rings (SSSR count). The number of aromatic nitrogens is 1. The van der Waals surface area contributed by atoms with Crippen LogP contribution >= 0.6 is 0 Å². The number of fused-ring (bicyclic) bond motifs is 1. The Balaban J connectivity index is 1.82. The minimum Gasteiger partial charge on any atom is -0.428 e. The van der Waals surface area contributed by atoms with Crippen molar-refractivity contribution in [1.29, 1.82) is 0 Å². The molecule has 1 aliphatic heterocycles. The number of oxazole rings is 1. The van der Waals surface area contributed by atoms with E-state index in [1.807, 2.05) is 30.3 Å². The van der Waals surface area contributed by atoms with E-state index in [1.54, 1.807) is 4.90 Å². The highest BCUT2D eigenvalue weighted by Crippen LogP contribution is 2.21. The second-order valence-electron chi connectivity index (χ2n) is 4.26. The molecule has 0 saturated heterocycles. The van der Waals surface area contributed by atoms with Gasteiger partial charge >= 0.3 is 0 Å². The van der Waals surface area contributed by atoms with E-state index in [1.165, 1.54) is 0 Å². The number of nitrogens with zero attached hydrogens (tertiary/aromatic N) is 2. The van der Waals surface area contributed by atoms with E-state index in [-0.39, 0.29) is 11.9 Å². The van der Waals surface area contributed by atoms with Gasteiger partial charge in [-0.2, -0.15) is 4.98 Å². The standard InChI is InChI=1S/C13H13N3O2/c14-13-15-10-8-16(7-6-11(10)18-13)12(17)9-4-2-1-3-5-9/h1-5H,6-8H2,(H2,14,15). The van der Waals surface area contributed by atoms with Gasteiger partial charge in [-0.3, -0.25) is 4.79 Å². The molecule has 0 bridgehead atoms. The van der Waals surface area contributed by atoms with Gasteiger partial charge in [-0.1, -0.05) is 18.2 Å². The molecule has 2 heterocycles. The van der Waals surface area contributed by atoms with Crippen LogP contribution in [0.2, 0.25) is 0 Å². The summed E-state index contributed by atoms with van der Waals surface area (Å²) in [5.74, 6) is 0.812. The highest BCUT2D eigenvalue weighted by molar-refractivity contribution is 5.94. The molecule has 0 fully saturated rings. The van der Waals surface area contributed by atoms with E-state index < -0.39 is 0 Å². The zero-order valence-electron chi connectivity index (χ0n) is 9.80. The zero-order chi connectivity index (χ0) is 12.5. The molecule has 0 saturated carbocycles. The van der Waals surface area contributed by atoms with E-state index in [4.69, 9.17) is 10.2 Å². The topological polar surface area (TPSA) is 72.4 Å². The van der Waals surface area contributed by atoms with E-state index >= 15 is 0 Å². The number of carbonyl (C=O) groups is 1. The molecule has 0 radical (unpaired) electrons. The van der Waals surface area contributed by atoms with Gasteiger partial charge in [-0.25, -0.2) is 0 Å². The fraction of sp³-hybridized carbons (Fsp3) is 0.231. The van der Waals surface area contributed by atoms with Crippen LogP contribution in [-0.4, -0.2) is 22.3 Å². The van der Waals surface area contributed by atoms with Gasteiger partial charge in [0.2, 0.25) is 0 Å². The Hall–Kier alpha value is -2.30. The molecule has 0 spiro atoms. The van der Waals surface area contributed by atoms with Crippen LogP contribution in [0.5, 0.6) is 0 Å². The Morgan fingerprint density at radius 1 is 1.33 bits per heavy atom. The highest BCUT2D eigenvalue weighted by Gasteiger charge is 2.25. The summed E-state index contributed by atoms with van der Waals surface area (Å²) in [5.41, 5.74) is 6.97. The second-order valence-corrected chi connectivity index (χ2v) is 4.26. The van der Waals surface area contributed by atoms with Gasteiger partial charge in [0.15, 0.2) is 0 Å². The lowest BCUT2D eigenvalue weighted by Crippen LogP contribution is -2.35. The van der Waals surface area contributed by atoms with Crippen LogP contribution in [-0.2, 0) is 13.0 Å². The predicted molar refractivity (Wildman–Crippen MR) is 65.8 cm³/mol. The molecular formula is C13H13N3O2. The normalized spacial score (nSPS) is 14.3. The van der Waals surface area contributed by atoms with Crippen molar-refractivity contribution in [2.45, 2.75) is 13.0 Å². The predicted octanol–water partition coefficient (Wildman–Crippen LogP) is 1.46. The number of nitrogen functional groups attached to an aromatic ring is 1. The molecule has 0 atom stereocenters. The number of carbonyl (C=O) groups excluding carboxylic acids is 1. The first-order chi connectivity index (χ1) is 8.74. The molecule has 92 valence electrons. The quantitative estimate of drug-likeness (QED) is 0.822. The zero-order valence-corrected chi connectivity index (χ0v) is 9.80. The van der Waals surface area contributed by atoms with Crippen LogP contribution in [0, 0.1) is 0 Å². The summed E-state index contributed by atoms with van der Waals surface area (Å²) in [6.45, 7) is 1.10. The Morgan fingerprint density at radius 2 is 2.11 bits per heavy atom. The Morgan fingerprint density at radius 3 is 2.89 bits per heavy atom. The molecular weight excluding hydrogens is 230 g/mol. The number of rotatable bonds is 1. The maximum Gasteiger partial charge on any atom is 0.292 e. The maximum absolute atomic E-state index is 12.3. The Bertz CT molecular complexity index is 577. The fourth-order valence-corrected chi connectivity index (χ4v) is 2.16. The number of hydrogen-bond donors (Lipinski definition) is 1. The van der Waals surface area contributed by atoms with Crippen molar-refractivity contribution in [3.8, 4) is 0 Å². The van der Waals surface area contributed by atoms with Crippen LogP contribution in [0.15, 0.2) is 34.7 Å². The van der Waals surface area contributed by atoms with Gasteiger partial charge in [0.1, 0.15) is 11.5 Å². The van der Waals surface area contributed by atoms with Crippen LogP contribution < -0.4 is 5.73 Å². The molecule has 1 amide bonds. The summed E-state index contributed by atoms with van der Waals surface area (Å²) in [5, 5.41) is 0. The molecule has 1 aromatic heterocycles. The van der Waals surface area contributed by atoms with E-state index in [2.05, 4.69) is 4.98 Å². The summed E-state index contributed by atoms with van der Waals surface area (Å²) in [7, 11) is 0. The summed E-state index contributed by atoms with van der Waals surface area (Å²) in [6.07, 6.45) is 0.665. The van der Waals surface area contributed by atoms with Gasteiger partial charge in [-0.15, -0.1) is 0 Å². The molecule has 1 aromatic carbocycles. The molecule has 2 N–H and O–H groups in total. The van der Waals surface area contributed by atoms with Crippen molar-refractivity contribution in [2.75, 3.05) is 12.3 Å². The summed E-state index contributed by atoms with van der Waals surface area (Å²) >= 11 is 0. The number of anilines is 1. The second kappa shape index (κ2) is 4.18. The fourth-order valence-electron chi connectivity index (χ4n) is 2.16. The Labute approximate surface area is 104 Å². The third kappa shape index (κ3) is 1.84. The van der Waals surface area contributed by atoms with Crippen LogP contribution in [0.25, 0.3) is 0 Å². The average molecular weight is 243 g/mol. The summed E-state index contributed by atoms with van der Waals surface area (Å²) in [4.78, 5) is 18.1. The average Bonchev–Trinajstić information content (AvgIpc) is 2.78. The maximum atomic E-state index is 12.3. The largest absolute Gasteiger partial charge is 0.428 e. The third-order valence-corrected chi connectivity index (χ3v) is 3.05. The first kappa shape index (κ1) is 10.8. The highest BCUT2D eigenvalue weighted by atomic mass is 16.4. The number of amides is 1. The van der Waals surface area contributed by atoms with Crippen molar-refractivity contribution in [1.82, 2.24) is 9.88 Å². The number of hydrogen-bond acceptors (Lipinski definition) is 4.